The number of carbonyl (C=O) groups is 2. The molecule has 2 atom stereocenters. The highest BCUT2D eigenvalue weighted by molar-refractivity contribution is 7.12. The van der Waals surface area contributed by atoms with E-state index in [9.17, 15) is 9.59 Å². The van der Waals surface area contributed by atoms with Gasteiger partial charge in [0.2, 0.25) is 5.91 Å². The number of carbonyl (C=O) groups excluding carboxylic acids is 2. The summed E-state index contributed by atoms with van der Waals surface area (Å²) in [5.41, 5.74) is 6.41. The van der Waals surface area contributed by atoms with Gasteiger partial charge in [-0.3, -0.25) is 9.69 Å². The first-order valence-corrected chi connectivity index (χ1v) is 7.82. The zero-order valence-electron chi connectivity index (χ0n) is 13.1. The minimum atomic E-state index is -0.432. The van der Waals surface area contributed by atoms with Crippen LogP contribution in [0.4, 0.5) is 5.69 Å². The van der Waals surface area contributed by atoms with Crippen molar-refractivity contribution in [1.29, 1.82) is 0 Å². The average Bonchev–Trinajstić information content (AvgIpc) is 3.07. The highest BCUT2D eigenvalue weighted by Gasteiger charge is 2.26. The Labute approximate surface area is 152 Å². The second kappa shape index (κ2) is 10.1. The summed E-state index contributed by atoms with van der Waals surface area (Å²) >= 11 is 1.25. The standard InChI is InChI=1S/C14H21N3O3S.2ClH/c1-9(15)10-3-5-17(7-10)8-12(18)16-11-4-6-21-13(11)14(19)20-2;;/h4,6,9-10H,3,5,7-8,15H2,1-2H3,(H,16,18);2*1H. The molecule has 23 heavy (non-hydrogen) atoms. The molecule has 0 aliphatic carbocycles. The number of thiophene rings is 1. The third-order valence-corrected chi connectivity index (χ3v) is 4.62. The van der Waals surface area contributed by atoms with E-state index in [0.717, 1.165) is 19.5 Å². The second-order valence-corrected chi connectivity index (χ2v) is 6.26. The maximum absolute atomic E-state index is 12.1. The number of nitrogens with two attached hydrogens (primary N) is 1. The van der Waals surface area contributed by atoms with Crippen molar-refractivity contribution in [1.82, 2.24) is 4.90 Å². The Bertz CT molecular complexity index is 525. The van der Waals surface area contributed by atoms with E-state index in [2.05, 4.69) is 15.0 Å². The van der Waals surface area contributed by atoms with E-state index in [1.165, 1.54) is 18.4 Å². The van der Waals surface area contributed by atoms with Gasteiger partial charge in [0, 0.05) is 12.6 Å². The minimum Gasteiger partial charge on any atom is -0.465 e. The lowest BCUT2D eigenvalue weighted by Gasteiger charge is -2.17. The molecule has 1 saturated heterocycles. The molecule has 1 aliphatic heterocycles. The van der Waals surface area contributed by atoms with Crippen LogP contribution in [0.5, 0.6) is 0 Å². The number of methoxy groups -OCH3 is 1. The Morgan fingerprint density at radius 3 is 2.78 bits per heavy atom. The van der Waals surface area contributed by atoms with Crippen LogP contribution in [0.1, 0.15) is 23.0 Å². The van der Waals surface area contributed by atoms with Gasteiger partial charge in [-0.05, 0) is 37.3 Å². The van der Waals surface area contributed by atoms with Crippen molar-refractivity contribution >= 4 is 53.7 Å². The fraction of sp³-hybridized carbons (Fsp3) is 0.571. The highest BCUT2D eigenvalue weighted by atomic mass is 35.5. The van der Waals surface area contributed by atoms with Gasteiger partial charge in [-0.25, -0.2) is 4.79 Å². The van der Waals surface area contributed by atoms with E-state index >= 15 is 0 Å². The van der Waals surface area contributed by atoms with Crippen molar-refractivity contribution in [2.45, 2.75) is 19.4 Å². The van der Waals surface area contributed by atoms with Crippen molar-refractivity contribution in [3.63, 3.8) is 0 Å². The van der Waals surface area contributed by atoms with Crippen LogP contribution in [-0.2, 0) is 9.53 Å². The number of nitrogens with one attached hydrogen (secondary N) is 1. The SMILES string of the molecule is COC(=O)c1sccc1NC(=O)CN1CCC(C(C)N)C1.Cl.Cl. The summed E-state index contributed by atoms with van der Waals surface area (Å²) in [4.78, 5) is 26.1. The first-order chi connectivity index (χ1) is 10.0. The molecule has 6 nitrogen and oxygen atoms in total. The minimum absolute atomic E-state index is 0. The fourth-order valence-corrected chi connectivity index (χ4v) is 3.25. The Morgan fingerprint density at radius 1 is 1.52 bits per heavy atom. The number of ether oxygens (including phenoxy) is 1. The lowest BCUT2D eigenvalue weighted by atomic mass is 10.0. The van der Waals surface area contributed by atoms with E-state index in [1.54, 1.807) is 11.4 Å². The number of amides is 1. The Balaban J connectivity index is 0.00000242. The third kappa shape index (κ3) is 5.93. The molecule has 0 radical (unpaired) electrons. The van der Waals surface area contributed by atoms with Crippen molar-refractivity contribution in [3.8, 4) is 0 Å². The molecular weight excluding hydrogens is 361 g/mol. The van der Waals surface area contributed by atoms with Gasteiger partial charge in [0.25, 0.3) is 0 Å². The Kier molecular flexibility index (Phi) is 9.72. The summed E-state index contributed by atoms with van der Waals surface area (Å²) in [6.45, 7) is 4.05. The molecule has 1 aliphatic rings. The molecule has 1 amide bonds. The molecule has 0 spiro atoms. The quantitative estimate of drug-likeness (QED) is 0.759. The number of hydrogen-bond acceptors (Lipinski definition) is 6. The largest absolute Gasteiger partial charge is 0.465 e. The van der Waals surface area contributed by atoms with Gasteiger partial charge >= 0.3 is 5.97 Å². The molecule has 1 aromatic rings. The van der Waals surface area contributed by atoms with Gasteiger partial charge in [0.15, 0.2) is 0 Å². The topological polar surface area (TPSA) is 84.7 Å². The molecule has 2 unspecified atom stereocenters. The first-order valence-electron chi connectivity index (χ1n) is 6.95. The zero-order valence-corrected chi connectivity index (χ0v) is 15.6. The molecule has 1 aromatic heterocycles. The van der Waals surface area contributed by atoms with Gasteiger partial charge in [-0.2, -0.15) is 0 Å². The Morgan fingerprint density at radius 2 is 2.22 bits per heavy atom. The molecule has 132 valence electrons. The number of halogens is 2. The van der Waals surface area contributed by atoms with Crippen molar-refractivity contribution in [3.05, 3.63) is 16.3 Å². The number of hydrogen-bond donors (Lipinski definition) is 2. The number of rotatable bonds is 5. The van der Waals surface area contributed by atoms with Crippen LogP contribution in [0.3, 0.4) is 0 Å². The third-order valence-electron chi connectivity index (χ3n) is 3.73. The maximum atomic E-state index is 12.1. The van der Waals surface area contributed by atoms with Crippen LogP contribution in [0.15, 0.2) is 11.4 Å². The number of nitrogens with zero attached hydrogens (tertiary/aromatic N) is 1. The zero-order chi connectivity index (χ0) is 15.4. The van der Waals surface area contributed by atoms with E-state index in [1.807, 2.05) is 6.92 Å². The van der Waals surface area contributed by atoms with Crippen LogP contribution < -0.4 is 11.1 Å². The molecule has 0 saturated carbocycles. The van der Waals surface area contributed by atoms with Crippen molar-refractivity contribution in [2.24, 2.45) is 11.7 Å². The second-order valence-electron chi connectivity index (χ2n) is 5.35. The maximum Gasteiger partial charge on any atom is 0.350 e. The highest BCUT2D eigenvalue weighted by Crippen LogP contribution is 2.23. The number of likely N-dealkylation sites (tertiary alicyclic amines) is 1. The smallest absolute Gasteiger partial charge is 0.350 e. The summed E-state index contributed by atoms with van der Waals surface area (Å²) in [7, 11) is 1.33. The van der Waals surface area contributed by atoms with E-state index in [0.29, 0.717) is 23.0 Å². The molecule has 0 aromatic carbocycles. The average molecular weight is 384 g/mol. The molecular formula is C14H23Cl2N3O3S. The van der Waals surface area contributed by atoms with Gasteiger partial charge < -0.3 is 15.8 Å². The van der Waals surface area contributed by atoms with Gasteiger partial charge in [-0.1, -0.05) is 0 Å². The summed E-state index contributed by atoms with van der Waals surface area (Å²) < 4.78 is 4.69. The first kappa shape index (κ1) is 22.1. The van der Waals surface area contributed by atoms with Crippen LogP contribution in [0, 0.1) is 5.92 Å². The lowest BCUT2D eigenvalue weighted by Crippen LogP contribution is -2.34. The lowest BCUT2D eigenvalue weighted by molar-refractivity contribution is -0.117. The molecule has 0 bridgehead atoms. The molecule has 3 N–H and O–H groups in total. The van der Waals surface area contributed by atoms with Crippen molar-refractivity contribution in [2.75, 3.05) is 32.1 Å². The van der Waals surface area contributed by atoms with Gasteiger partial charge in [0.1, 0.15) is 4.88 Å². The normalized spacial score (nSPS) is 18.5. The van der Waals surface area contributed by atoms with E-state index in [4.69, 9.17) is 5.73 Å². The predicted molar refractivity (Wildman–Crippen MR) is 97.0 cm³/mol. The fourth-order valence-electron chi connectivity index (χ4n) is 2.49. The molecule has 9 heteroatoms. The summed E-state index contributed by atoms with van der Waals surface area (Å²) in [5.74, 6) is -0.105. The van der Waals surface area contributed by atoms with E-state index in [-0.39, 0.29) is 36.8 Å². The van der Waals surface area contributed by atoms with Crippen molar-refractivity contribution < 1.29 is 14.3 Å². The number of anilines is 1. The molecule has 1 fully saturated rings. The summed E-state index contributed by atoms with van der Waals surface area (Å²) in [6.07, 6.45) is 1.02. The van der Waals surface area contributed by atoms with Gasteiger partial charge in [0.05, 0.1) is 19.3 Å². The predicted octanol–water partition coefficient (Wildman–Crippen LogP) is 1.99. The Hall–Kier alpha value is -0.860. The molecule has 2 heterocycles. The van der Waals surface area contributed by atoms with Crippen LogP contribution in [-0.4, -0.2) is 49.6 Å². The summed E-state index contributed by atoms with van der Waals surface area (Å²) in [6, 6.07) is 1.87. The van der Waals surface area contributed by atoms with Crippen LogP contribution in [0.2, 0.25) is 0 Å². The van der Waals surface area contributed by atoms with Gasteiger partial charge in [-0.15, -0.1) is 36.2 Å². The van der Waals surface area contributed by atoms with Crippen LogP contribution >= 0.6 is 36.2 Å². The summed E-state index contributed by atoms with van der Waals surface area (Å²) in [5, 5.41) is 4.53. The van der Waals surface area contributed by atoms with Crippen LogP contribution in [0.25, 0.3) is 0 Å². The van der Waals surface area contributed by atoms with E-state index < -0.39 is 5.97 Å². The molecule has 2 rings (SSSR count). The number of esters is 1. The monoisotopic (exact) mass is 383 g/mol.